The molecule has 106 valence electrons. The fraction of sp³-hybridized carbons (Fsp3) is 1.00. The standard InChI is InChI=1S/C16H32N2/c1-4-16(11-17-13(2)3)18-10-9-14-7-5-6-8-15(14)12-18/h13-17H,4-12H2,1-3H3. The summed E-state index contributed by atoms with van der Waals surface area (Å²) in [7, 11) is 0. The van der Waals surface area contributed by atoms with Crippen LogP contribution < -0.4 is 5.32 Å². The van der Waals surface area contributed by atoms with E-state index in [9.17, 15) is 0 Å². The molecule has 1 heterocycles. The van der Waals surface area contributed by atoms with E-state index in [2.05, 4.69) is 31.0 Å². The topological polar surface area (TPSA) is 15.3 Å². The van der Waals surface area contributed by atoms with Gasteiger partial charge in [0.2, 0.25) is 0 Å². The molecule has 2 heteroatoms. The number of likely N-dealkylation sites (tertiary alicyclic amines) is 1. The molecule has 1 N–H and O–H groups in total. The van der Waals surface area contributed by atoms with Crippen molar-refractivity contribution in [3.8, 4) is 0 Å². The Balaban J connectivity index is 1.83. The van der Waals surface area contributed by atoms with Crippen molar-refractivity contribution in [1.82, 2.24) is 10.2 Å². The molecule has 0 radical (unpaired) electrons. The lowest BCUT2D eigenvalue weighted by molar-refractivity contribution is 0.0545. The predicted octanol–water partition coefficient (Wildman–Crippen LogP) is 3.28. The maximum Gasteiger partial charge on any atom is 0.0218 e. The molecule has 0 aromatic carbocycles. The van der Waals surface area contributed by atoms with Crippen LogP contribution in [0.15, 0.2) is 0 Å². The molecule has 2 rings (SSSR count). The van der Waals surface area contributed by atoms with Crippen molar-refractivity contribution < 1.29 is 0 Å². The summed E-state index contributed by atoms with van der Waals surface area (Å²) in [6, 6.07) is 1.38. The van der Waals surface area contributed by atoms with Gasteiger partial charge in [0.25, 0.3) is 0 Å². The van der Waals surface area contributed by atoms with Gasteiger partial charge < -0.3 is 5.32 Å². The van der Waals surface area contributed by atoms with Crippen molar-refractivity contribution in [3.63, 3.8) is 0 Å². The van der Waals surface area contributed by atoms with E-state index in [0.29, 0.717) is 6.04 Å². The van der Waals surface area contributed by atoms with Gasteiger partial charge in [-0.2, -0.15) is 0 Å². The summed E-state index contributed by atoms with van der Waals surface area (Å²) in [4.78, 5) is 2.78. The SMILES string of the molecule is CCC(CNC(C)C)N1CCC2CCCCC2C1. The van der Waals surface area contributed by atoms with Crippen LogP contribution in [0.3, 0.4) is 0 Å². The van der Waals surface area contributed by atoms with Crippen molar-refractivity contribution in [2.75, 3.05) is 19.6 Å². The highest BCUT2D eigenvalue weighted by molar-refractivity contribution is 4.86. The zero-order valence-electron chi connectivity index (χ0n) is 12.6. The molecule has 1 aliphatic heterocycles. The first-order chi connectivity index (χ1) is 8.70. The molecule has 0 spiro atoms. The number of fused-ring (bicyclic) bond motifs is 1. The normalized spacial score (nSPS) is 31.3. The smallest absolute Gasteiger partial charge is 0.0218 e. The van der Waals surface area contributed by atoms with Crippen LogP contribution in [-0.4, -0.2) is 36.6 Å². The van der Waals surface area contributed by atoms with Gasteiger partial charge in [-0.3, -0.25) is 4.90 Å². The van der Waals surface area contributed by atoms with Crippen LogP contribution in [0.1, 0.15) is 59.3 Å². The summed E-state index contributed by atoms with van der Waals surface area (Å²) in [6.45, 7) is 10.7. The second-order valence-electron chi connectivity index (χ2n) is 6.71. The highest BCUT2D eigenvalue weighted by Gasteiger charge is 2.33. The Morgan fingerprint density at radius 2 is 1.83 bits per heavy atom. The molecule has 0 aromatic heterocycles. The van der Waals surface area contributed by atoms with E-state index < -0.39 is 0 Å². The van der Waals surface area contributed by atoms with E-state index in [4.69, 9.17) is 0 Å². The maximum absolute atomic E-state index is 3.62. The fourth-order valence-electron chi connectivity index (χ4n) is 3.86. The third-order valence-electron chi connectivity index (χ3n) is 5.07. The molecule has 0 aromatic rings. The largest absolute Gasteiger partial charge is 0.313 e. The van der Waals surface area contributed by atoms with E-state index in [-0.39, 0.29) is 0 Å². The molecule has 18 heavy (non-hydrogen) atoms. The Bertz CT molecular complexity index is 239. The summed E-state index contributed by atoms with van der Waals surface area (Å²) < 4.78 is 0. The van der Waals surface area contributed by atoms with Gasteiger partial charge in [-0.25, -0.2) is 0 Å². The Morgan fingerprint density at radius 3 is 2.50 bits per heavy atom. The zero-order valence-corrected chi connectivity index (χ0v) is 12.6. The number of rotatable bonds is 5. The average Bonchev–Trinajstić information content (AvgIpc) is 2.39. The van der Waals surface area contributed by atoms with Crippen molar-refractivity contribution in [1.29, 1.82) is 0 Å². The van der Waals surface area contributed by atoms with Crippen molar-refractivity contribution in [2.45, 2.75) is 71.4 Å². The van der Waals surface area contributed by atoms with Crippen LogP contribution in [0.4, 0.5) is 0 Å². The first-order valence-electron chi connectivity index (χ1n) is 8.18. The minimum Gasteiger partial charge on any atom is -0.313 e. The Kier molecular flexibility index (Phi) is 5.50. The van der Waals surface area contributed by atoms with E-state index in [0.717, 1.165) is 17.9 Å². The van der Waals surface area contributed by atoms with Crippen molar-refractivity contribution in [3.05, 3.63) is 0 Å². The molecule has 0 bridgehead atoms. The predicted molar refractivity (Wildman–Crippen MR) is 78.9 cm³/mol. The molecule has 2 fully saturated rings. The summed E-state index contributed by atoms with van der Waals surface area (Å²) in [6.07, 6.45) is 8.73. The van der Waals surface area contributed by atoms with Gasteiger partial charge in [-0.1, -0.05) is 40.0 Å². The molecule has 3 atom stereocenters. The van der Waals surface area contributed by atoms with E-state index in [1.165, 1.54) is 58.2 Å². The number of nitrogens with one attached hydrogen (secondary N) is 1. The van der Waals surface area contributed by atoms with Crippen LogP contribution in [0.25, 0.3) is 0 Å². The molecule has 2 nitrogen and oxygen atoms in total. The third kappa shape index (κ3) is 3.71. The Morgan fingerprint density at radius 1 is 1.11 bits per heavy atom. The quantitative estimate of drug-likeness (QED) is 0.808. The summed E-state index contributed by atoms with van der Waals surface area (Å²) in [5, 5.41) is 3.62. The van der Waals surface area contributed by atoms with Gasteiger partial charge in [0.15, 0.2) is 0 Å². The third-order valence-corrected chi connectivity index (χ3v) is 5.07. The molecule has 1 saturated carbocycles. The van der Waals surface area contributed by atoms with Crippen LogP contribution in [-0.2, 0) is 0 Å². The molecule has 3 unspecified atom stereocenters. The van der Waals surface area contributed by atoms with Crippen LogP contribution in [0.5, 0.6) is 0 Å². The summed E-state index contributed by atoms with van der Waals surface area (Å²) in [5.74, 6) is 2.08. The van der Waals surface area contributed by atoms with Gasteiger partial charge in [0.05, 0.1) is 0 Å². The van der Waals surface area contributed by atoms with Gasteiger partial charge in [0.1, 0.15) is 0 Å². The first-order valence-corrected chi connectivity index (χ1v) is 8.18. The molecule has 2 aliphatic rings. The minimum absolute atomic E-state index is 0.617. The van der Waals surface area contributed by atoms with Gasteiger partial charge in [-0.15, -0.1) is 0 Å². The lowest BCUT2D eigenvalue weighted by Crippen LogP contribution is -2.50. The lowest BCUT2D eigenvalue weighted by Gasteiger charge is -2.44. The highest BCUT2D eigenvalue weighted by Crippen LogP contribution is 2.36. The van der Waals surface area contributed by atoms with E-state index in [1.807, 2.05) is 0 Å². The monoisotopic (exact) mass is 252 g/mol. The van der Waals surface area contributed by atoms with E-state index in [1.54, 1.807) is 0 Å². The number of piperidine rings is 1. The fourth-order valence-corrected chi connectivity index (χ4v) is 3.86. The van der Waals surface area contributed by atoms with E-state index >= 15 is 0 Å². The summed E-state index contributed by atoms with van der Waals surface area (Å²) >= 11 is 0. The lowest BCUT2D eigenvalue weighted by atomic mass is 9.75. The average molecular weight is 252 g/mol. The van der Waals surface area contributed by atoms with Gasteiger partial charge in [0, 0.05) is 25.2 Å². The minimum atomic E-state index is 0.617. The number of nitrogens with zero attached hydrogens (tertiary/aromatic N) is 1. The van der Waals surface area contributed by atoms with Crippen LogP contribution in [0, 0.1) is 11.8 Å². The highest BCUT2D eigenvalue weighted by atomic mass is 15.2. The molecule has 0 amide bonds. The van der Waals surface area contributed by atoms with Crippen molar-refractivity contribution in [2.24, 2.45) is 11.8 Å². The van der Waals surface area contributed by atoms with Crippen molar-refractivity contribution >= 4 is 0 Å². The second kappa shape index (κ2) is 6.91. The van der Waals surface area contributed by atoms with Gasteiger partial charge >= 0.3 is 0 Å². The van der Waals surface area contributed by atoms with Gasteiger partial charge in [-0.05, 0) is 37.6 Å². The zero-order chi connectivity index (χ0) is 13.0. The molecule has 1 aliphatic carbocycles. The second-order valence-corrected chi connectivity index (χ2v) is 6.71. The number of hydrogen-bond acceptors (Lipinski definition) is 2. The number of hydrogen-bond donors (Lipinski definition) is 1. The first kappa shape index (κ1) is 14.3. The molecular formula is C16H32N2. The Hall–Kier alpha value is -0.0800. The summed E-state index contributed by atoms with van der Waals surface area (Å²) in [5.41, 5.74) is 0. The molecule has 1 saturated heterocycles. The molecular weight excluding hydrogens is 220 g/mol. The van der Waals surface area contributed by atoms with Crippen LogP contribution in [0.2, 0.25) is 0 Å². The maximum atomic E-state index is 3.62. The van der Waals surface area contributed by atoms with Crippen LogP contribution >= 0.6 is 0 Å². The Labute approximate surface area is 114 Å².